The zero-order valence-corrected chi connectivity index (χ0v) is 16.1. The second-order valence-corrected chi connectivity index (χ2v) is 8.65. The van der Waals surface area contributed by atoms with E-state index < -0.39 is 20.6 Å². The van der Waals surface area contributed by atoms with Gasteiger partial charge in [-0.25, -0.2) is 8.42 Å². The Balaban J connectivity index is 1.59. The van der Waals surface area contributed by atoms with Gasteiger partial charge in [0, 0.05) is 58.2 Å². The van der Waals surface area contributed by atoms with Crippen molar-refractivity contribution in [2.75, 3.05) is 39.3 Å². The van der Waals surface area contributed by atoms with Crippen LogP contribution in [0.5, 0.6) is 0 Å². The minimum Gasteiger partial charge on any atom is -0.342 e. The molecule has 2 fully saturated rings. The maximum atomic E-state index is 12.8. The van der Waals surface area contributed by atoms with Crippen LogP contribution in [0.4, 0.5) is 5.69 Å². The van der Waals surface area contributed by atoms with E-state index in [4.69, 9.17) is 0 Å². The van der Waals surface area contributed by atoms with E-state index >= 15 is 0 Å². The minimum atomic E-state index is -4.02. The summed E-state index contributed by atoms with van der Waals surface area (Å²) in [6, 6.07) is 5.24. The molecule has 10 nitrogen and oxygen atoms in total. The van der Waals surface area contributed by atoms with Gasteiger partial charge in [-0.05, 0) is 12.5 Å². The highest BCUT2D eigenvalue weighted by atomic mass is 32.2. The molecule has 0 saturated carbocycles. The Kier molecular flexibility index (Phi) is 5.94. The molecule has 2 aliphatic heterocycles. The van der Waals surface area contributed by atoms with Gasteiger partial charge in [0.1, 0.15) is 0 Å². The molecule has 1 aromatic rings. The first-order valence-corrected chi connectivity index (χ1v) is 10.5. The maximum Gasteiger partial charge on any atom is 0.289 e. The number of likely N-dealkylation sites (tertiary alicyclic amines) is 1. The summed E-state index contributed by atoms with van der Waals surface area (Å²) in [5.41, 5.74) is -0.462. The molecular weight excluding hydrogens is 388 g/mol. The van der Waals surface area contributed by atoms with Gasteiger partial charge in [0.15, 0.2) is 4.90 Å². The summed E-state index contributed by atoms with van der Waals surface area (Å²) in [5.74, 6) is -0.0596. The lowest BCUT2D eigenvalue weighted by Gasteiger charge is -2.34. The molecule has 3 rings (SSSR count). The number of hydrogen-bond acceptors (Lipinski definition) is 6. The van der Waals surface area contributed by atoms with Crippen LogP contribution < -0.4 is 0 Å². The van der Waals surface area contributed by atoms with Crippen molar-refractivity contribution < 1.29 is 22.9 Å². The summed E-state index contributed by atoms with van der Waals surface area (Å²) in [6.07, 6.45) is 1.55. The Morgan fingerprint density at radius 3 is 2.39 bits per heavy atom. The number of hydrogen-bond donors (Lipinski definition) is 0. The van der Waals surface area contributed by atoms with Crippen LogP contribution in [0.15, 0.2) is 29.2 Å². The highest BCUT2D eigenvalue weighted by molar-refractivity contribution is 7.89. The lowest BCUT2D eigenvalue weighted by molar-refractivity contribution is -0.387. The van der Waals surface area contributed by atoms with E-state index in [1.165, 1.54) is 22.5 Å². The first kappa shape index (κ1) is 20.2. The lowest BCUT2D eigenvalue weighted by Crippen LogP contribution is -2.51. The van der Waals surface area contributed by atoms with Gasteiger partial charge >= 0.3 is 0 Å². The molecule has 2 amide bonds. The SMILES string of the molecule is O=C1CCCN1CCC(=O)N1CCN(S(=O)(=O)c2ccccc2[N+](=O)[O-])CC1. The van der Waals surface area contributed by atoms with Gasteiger partial charge in [0.25, 0.3) is 5.69 Å². The molecule has 0 N–H and O–H groups in total. The van der Waals surface area contributed by atoms with Crippen LogP contribution in [0.25, 0.3) is 0 Å². The van der Waals surface area contributed by atoms with Gasteiger partial charge in [-0.2, -0.15) is 4.31 Å². The Morgan fingerprint density at radius 2 is 1.79 bits per heavy atom. The molecule has 0 unspecified atom stereocenters. The zero-order chi connectivity index (χ0) is 20.3. The minimum absolute atomic E-state index is 0.0631. The number of nitrogens with zero attached hydrogens (tertiary/aromatic N) is 4. The highest BCUT2D eigenvalue weighted by Gasteiger charge is 2.34. The van der Waals surface area contributed by atoms with Crippen LogP contribution in [0, 0.1) is 10.1 Å². The first-order valence-electron chi connectivity index (χ1n) is 9.10. The van der Waals surface area contributed by atoms with Gasteiger partial charge in [-0.3, -0.25) is 19.7 Å². The topological polar surface area (TPSA) is 121 Å². The van der Waals surface area contributed by atoms with Gasteiger partial charge in [-0.1, -0.05) is 12.1 Å². The molecule has 2 saturated heterocycles. The Bertz CT molecular complexity index is 879. The molecule has 11 heteroatoms. The third kappa shape index (κ3) is 4.14. The molecule has 1 aromatic carbocycles. The summed E-state index contributed by atoms with van der Waals surface area (Å²) in [4.78, 5) is 37.3. The van der Waals surface area contributed by atoms with Gasteiger partial charge in [0.05, 0.1) is 4.92 Å². The number of rotatable bonds is 6. The Morgan fingerprint density at radius 1 is 1.11 bits per heavy atom. The molecule has 0 aromatic heterocycles. The molecule has 152 valence electrons. The molecule has 0 atom stereocenters. The predicted molar refractivity (Wildman–Crippen MR) is 98.9 cm³/mol. The van der Waals surface area contributed by atoms with Crippen LogP contribution >= 0.6 is 0 Å². The fourth-order valence-corrected chi connectivity index (χ4v) is 5.05. The van der Waals surface area contributed by atoms with Crippen molar-refractivity contribution in [3.05, 3.63) is 34.4 Å². The fraction of sp³-hybridized carbons (Fsp3) is 0.529. The average molecular weight is 410 g/mol. The third-order valence-corrected chi connectivity index (χ3v) is 6.98. The molecular formula is C17H22N4O6S. The second kappa shape index (κ2) is 8.23. The zero-order valence-electron chi connectivity index (χ0n) is 15.3. The van der Waals surface area contributed by atoms with E-state index in [1.807, 2.05) is 0 Å². The van der Waals surface area contributed by atoms with Crippen molar-refractivity contribution >= 4 is 27.5 Å². The Labute approximate surface area is 162 Å². The number of para-hydroxylation sites is 1. The number of amides is 2. The summed E-state index contributed by atoms with van der Waals surface area (Å²) in [6.45, 7) is 1.63. The van der Waals surface area contributed by atoms with Crippen LogP contribution in [0.2, 0.25) is 0 Å². The van der Waals surface area contributed by atoms with Crippen molar-refractivity contribution in [3.63, 3.8) is 0 Å². The van der Waals surface area contributed by atoms with E-state index in [-0.39, 0.29) is 49.3 Å². The van der Waals surface area contributed by atoms with Crippen LogP contribution in [-0.4, -0.2) is 78.5 Å². The molecule has 0 bridgehead atoms. The quantitative estimate of drug-likeness (QED) is 0.496. The standard InChI is InChI=1S/C17H22N4O6S/c22-16-6-3-8-18(16)9-7-17(23)19-10-12-20(13-11-19)28(26,27)15-5-2-1-4-14(15)21(24)25/h1-2,4-5H,3,6-13H2. The van der Waals surface area contributed by atoms with E-state index in [9.17, 15) is 28.1 Å². The third-order valence-electron chi connectivity index (χ3n) is 5.04. The van der Waals surface area contributed by atoms with Crippen LogP contribution in [0.3, 0.4) is 0 Å². The summed E-state index contributed by atoms with van der Waals surface area (Å²) in [5, 5.41) is 11.1. The van der Waals surface area contributed by atoms with Gasteiger partial charge in [0.2, 0.25) is 21.8 Å². The molecule has 28 heavy (non-hydrogen) atoms. The number of benzene rings is 1. The highest BCUT2D eigenvalue weighted by Crippen LogP contribution is 2.27. The average Bonchev–Trinajstić information content (AvgIpc) is 3.11. The van der Waals surface area contributed by atoms with Gasteiger partial charge in [-0.15, -0.1) is 0 Å². The number of sulfonamides is 1. The molecule has 2 heterocycles. The molecule has 2 aliphatic rings. The van der Waals surface area contributed by atoms with Crippen LogP contribution in [-0.2, 0) is 19.6 Å². The molecule has 0 radical (unpaired) electrons. The smallest absolute Gasteiger partial charge is 0.289 e. The second-order valence-electron chi connectivity index (χ2n) is 6.74. The maximum absolute atomic E-state index is 12.8. The summed E-state index contributed by atoms with van der Waals surface area (Å²) < 4.78 is 26.8. The number of carbonyl (C=O) groups is 2. The van der Waals surface area contributed by atoms with Crippen molar-refractivity contribution in [1.29, 1.82) is 0 Å². The number of nitro groups is 1. The van der Waals surface area contributed by atoms with Crippen molar-refractivity contribution in [2.45, 2.75) is 24.2 Å². The monoisotopic (exact) mass is 410 g/mol. The van der Waals surface area contributed by atoms with Crippen molar-refractivity contribution in [2.24, 2.45) is 0 Å². The van der Waals surface area contributed by atoms with E-state index in [0.29, 0.717) is 19.5 Å². The fourth-order valence-electron chi connectivity index (χ4n) is 3.47. The predicted octanol–water partition coefficient (Wildman–Crippen LogP) is 0.440. The van der Waals surface area contributed by atoms with E-state index in [1.54, 1.807) is 9.80 Å². The normalized spacial score (nSPS) is 18.5. The summed E-state index contributed by atoms with van der Waals surface area (Å²) in [7, 11) is -4.02. The number of carbonyl (C=O) groups excluding carboxylic acids is 2. The van der Waals surface area contributed by atoms with Gasteiger partial charge < -0.3 is 9.80 Å². The van der Waals surface area contributed by atoms with Crippen molar-refractivity contribution in [3.8, 4) is 0 Å². The number of nitro benzene ring substituents is 1. The number of piperazine rings is 1. The first-order chi connectivity index (χ1) is 13.3. The van der Waals surface area contributed by atoms with Crippen LogP contribution in [0.1, 0.15) is 19.3 Å². The largest absolute Gasteiger partial charge is 0.342 e. The lowest BCUT2D eigenvalue weighted by atomic mass is 10.3. The molecule has 0 aliphatic carbocycles. The van der Waals surface area contributed by atoms with Crippen molar-refractivity contribution in [1.82, 2.24) is 14.1 Å². The summed E-state index contributed by atoms with van der Waals surface area (Å²) >= 11 is 0. The van der Waals surface area contributed by atoms with E-state index in [0.717, 1.165) is 12.5 Å². The van der Waals surface area contributed by atoms with E-state index in [2.05, 4.69) is 0 Å². The Hall–Kier alpha value is -2.53. The molecule has 0 spiro atoms.